The van der Waals surface area contributed by atoms with E-state index in [0.717, 1.165) is 48.1 Å². The van der Waals surface area contributed by atoms with Gasteiger partial charge in [-0.2, -0.15) is 0 Å². The van der Waals surface area contributed by atoms with Crippen LogP contribution in [0.1, 0.15) is 48.9 Å². The minimum absolute atomic E-state index is 0.00487. The number of amides is 2. The summed E-state index contributed by atoms with van der Waals surface area (Å²) in [5, 5.41) is 3.05. The van der Waals surface area contributed by atoms with Crippen LogP contribution in [-0.4, -0.2) is 23.8 Å². The molecule has 0 fully saturated rings. The molecule has 1 aliphatic heterocycles. The summed E-state index contributed by atoms with van der Waals surface area (Å²) < 4.78 is 0. The van der Waals surface area contributed by atoms with E-state index >= 15 is 0 Å². The normalized spacial score (nSPS) is 18.9. The van der Waals surface area contributed by atoms with Crippen LogP contribution in [0.2, 0.25) is 0 Å². The standard InChI is InChI=1S/C21H23N3O2/c1-13(25)23-19-5-3-4-16-17(11-22-12-18(16)19)14-6-8-20-15(10-14)7-9-21(26)24(20)2/h6,8,10-12,19H,3-5,7,9H2,1-2H3,(H,23,25)/t19-/m1/s1. The Balaban J connectivity index is 1.76. The first-order chi connectivity index (χ1) is 12.5. The van der Waals surface area contributed by atoms with Crippen molar-refractivity contribution in [2.45, 2.75) is 45.1 Å². The van der Waals surface area contributed by atoms with Crippen molar-refractivity contribution in [2.24, 2.45) is 0 Å². The number of nitrogens with zero attached hydrogens (tertiary/aromatic N) is 2. The molecule has 2 amide bonds. The largest absolute Gasteiger partial charge is 0.349 e. The SMILES string of the molecule is CC(=O)N[C@@H]1CCCc2c(-c3ccc4c(c3)CCC(=O)N4C)cncc21. The van der Waals surface area contributed by atoms with Crippen LogP contribution in [0, 0.1) is 0 Å². The Labute approximate surface area is 153 Å². The van der Waals surface area contributed by atoms with Crippen molar-refractivity contribution >= 4 is 17.5 Å². The molecule has 0 bridgehead atoms. The van der Waals surface area contributed by atoms with Crippen LogP contribution >= 0.6 is 0 Å². The Hall–Kier alpha value is -2.69. The molecule has 1 aromatic carbocycles. The summed E-state index contributed by atoms with van der Waals surface area (Å²) in [6, 6.07) is 6.35. The molecule has 2 aromatic rings. The number of carbonyl (C=O) groups excluding carboxylic acids is 2. The highest BCUT2D eigenvalue weighted by Crippen LogP contribution is 2.37. The summed E-state index contributed by atoms with van der Waals surface area (Å²) in [4.78, 5) is 29.6. The van der Waals surface area contributed by atoms with Crippen LogP contribution in [0.15, 0.2) is 30.6 Å². The highest BCUT2D eigenvalue weighted by atomic mass is 16.2. The van der Waals surface area contributed by atoms with Gasteiger partial charge in [0, 0.05) is 44.0 Å². The smallest absolute Gasteiger partial charge is 0.227 e. The molecule has 0 saturated heterocycles. The summed E-state index contributed by atoms with van der Waals surface area (Å²) in [6.45, 7) is 1.56. The molecule has 1 atom stereocenters. The second kappa shape index (κ2) is 6.56. The third-order valence-corrected chi connectivity index (χ3v) is 5.50. The van der Waals surface area contributed by atoms with Crippen LogP contribution < -0.4 is 10.2 Å². The Kier molecular flexibility index (Phi) is 4.23. The van der Waals surface area contributed by atoms with Gasteiger partial charge in [-0.1, -0.05) is 6.07 Å². The fourth-order valence-corrected chi connectivity index (χ4v) is 4.19. The third kappa shape index (κ3) is 2.87. The number of hydrogen-bond donors (Lipinski definition) is 1. The molecule has 1 N–H and O–H groups in total. The molecular formula is C21H23N3O2. The number of nitrogens with one attached hydrogen (secondary N) is 1. The number of anilines is 1. The summed E-state index contributed by atoms with van der Waals surface area (Å²) >= 11 is 0. The lowest BCUT2D eigenvalue weighted by molar-refractivity contribution is -0.120. The second-order valence-corrected chi connectivity index (χ2v) is 7.20. The highest BCUT2D eigenvalue weighted by Gasteiger charge is 2.25. The Morgan fingerprint density at radius 2 is 2.08 bits per heavy atom. The summed E-state index contributed by atoms with van der Waals surface area (Å²) in [7, 11) is 1.84. The van der Waals surface area contributed by atoms with Gasteiger partial charge in [0.1, 0.15) is 0 Å². The van der Waals surface area contributed by atoms with Gasteiger partial charge in [0.25, 0.3) is 0 Å². The number of carbonyl (C=O) groups is 2. The average molecular weight is 349 g/mol. The van der Waals surface area contributed by atoms with Crippen molar-refractivity contribution in [3.05, 3.63) is 47.3 Å². The highest BCUT2D eigenvalue weighted by molar-refractivity contribution is 5.96. The molecule has 26 heavy (non-hydrogen) atoms. The van der Waals surface area contributed by atoms with Gasteiger partial charge in [0.15, 0.2) is 0 Å². The zero-order valence-electron chi connectivity index (χ0n) is 15.2. The molecule has 2 aliphatic rings. The third-order valence-electron chi connectivity index (χ3n) is 5.50. The number of aromatic nitrogens is 1. The van der Waals surface area contributed by atoms with Gasteiger partial charge < -0.3 is 10.2 Å². The summed E-state index contributed by atoms with van der Waals surface area (Å²) in [5.41, 5.74) is 6.90. The molecule has 0 spiro atoms. The van der Waals surface area contributed by atoms with E-state index in [1.54, 1.807) is 11.8 Å². The van der Waals surface area contributed by atoms with E-state index in [9.17, 15) is 9.59 Å². The number of benzene rings is 1. The van der Waals surface area contributed by atoms with Gasteiger partial charge in [-0.15, -0.1) is 0 Å². The average Bonchev–Trinajstić information content (AvgIpc) is 2.64. The van der Waals surface area contributed by atoms with E-state index in [4.69, 9.17) is 0 Å². The van der Waals surface area contributed by atoms with Crippen molar-refractivity contribution in [3.8, 4) is 11.1 Å². The van der Waals surface area contributed by atoms with Crippen molar-refractivity contribution in [1.82, 2.24) is 10.3 Å². The molecule has 134 valence electrons. The first-order valence-electron chi connectivity index (χ1n) is 9.18. The molecule has 5 heteroatoms. The van der Waals surface area contributed by atoms with Crippen LogP contribution in [0.3, 0.4) is 0 Å². The van der Waals surface area contributed by atoms with Crippen LogP contribution in [0.5, 0.6) is 0 Å². The minimum atomic E-state index is -0.00487. The van der Waals surface area contributed by atoms with Gasteiger partial charge in [-0.25, -0.2) is 0 Å². The predicted molar refractivity (Wildman–Crippen MR) is 101 cm³/mol. The molecule has 1 aliphatic carbocycles. The quantitative estimate of drug-likeness (QED) is 0.906. The van der Waals surface area contributed by atoms with Crippen molar-refractivity contribution in [1.29, 1.82) is 0 Å². The fraction of sp³-hybridized carbons (Fsp3) is 0.381. The topological polar surface area (TPSA) is 62.3 Å². The van der Waals surface area contributed by atoms with E-state index < -0.39 is 0 Å². The number of hydrogen-bond acceptors (Lipinski definition) is 3. The van der Waals surface area contributed by atoms with E-state index in [0.29, 0.717) is 6.42 Å². The molecule has 2 heterocycles. The number of rotatable bonds is 2. The fourth-order valence-electron chi connectivity index (χ4n) is 4.19. The summed E-state index contributed by atoms with van der Waals surface area (Å²) in [6.07, 6.45) is 8.16. The van der Waals surface area contributed by atoms with Crippen molar-refractivity contribution in [2.75, 3.05) is 11.9 Å². The lowest BCUT2D eigenvalue weighted by Crippen LogP contribution is -2.31. The first-order valence-corrected chi connectivity index (χ1v) is 9.18. The molecule has 0 unspecified atom stereocenters. The molecular weight excluding hydrogens is 326 g/mol. The number of pyridine rings is 1. The van der Waals surface area contributed by atoms with E-state index in [1.807, 2.05) is 25.5 Å². The monoisotopic (exact) mass is 349 g/mol. The second-order valence-electron chi connectivity index (χ2n) is 7.20. The summed E-state index contributed by atoms with van der Waals surface area (Å²) in [5.74, 6) is 0.164. The molecule has 0 saturated carbocycles. The van der Waals surface area contributed by atoms with Gasteiger partial charge in [-0.3, -0.25) is 14.6 Å². The zero-order valence-corrected chi connectivity index (χ0v) is 15.2. The maximum absolute atomic E-state index is 11.9. The van der Waals surface area contributed by atoms with Gasteiger partial charge in [0.05, 0.1) is 6.04 Å². The molecule has 4 rings (SSSR count). The molecule has 1 aromatic heterocycles. The van der Waals surface area contributed by atoms with E-state index in [2.05, 4.69) is 22.4 Å². The minimum Gasteiger partial charge on any atom is -0.349 e. The zero-order chi connectivity index (χ0) is 18.3. The van der Waals surface area contributed by atoms with Crippen LogP contribution in [-0.2, 0) is 22.4 Å². The van der Waals surface area contributed by atoms with Gasteiger partial charge in [0.2, 0.25) is 11.8 Å². The van der Waals surface area contributed by atoms with Crippen molar-refractivity contribution < 1.29 is 9.59 Å². The number of fused-ring (bicyclic) bond motifs is 2. The van der Waals surface area contributed by atoms with Crippen LogP contribution in [0.25, 0.3) is 11.1 Å². The molecule has 0 radical (unpaired) electrons. The van der Waals surface area contributed by atoms with E-state index in [1.165, 1.54) is 11.1 Å². The predicted octanol–water partition coefficient (Wildman–Crippen LogP) is 3.17. The maximum atomic E-state index is 11.9. The lowest BCUT2D eigenvalue weighted by Gasteiger charge is -2.28. The lowest BCUT2D eigenvalue weighted by atomic mass is 9.84. The van der Waals surface area contributed by atoms with Crippen molar-refractivity contribution in [3.63, 3.8) is 0 Å². The Morgan fingerprint density at radius 1 is 1.23 bits per heavy atom. The molecule has 5 nitrogen and oxygen atoms in total. The maximum Gasteiger partial charge on any atom is 0.227 e. The van der Waals surface area contributed by atoms with Crippen LogP contribution in [0.4, 0.5) is 5.69 Å². The van der Waals surface area contributed by atoms with Gasteiger partial charge >= 0.3 is 0 Å². The van der Waals surface area contributed by atoms with E-state index in [-0.39, 0.29) is 17.9 Å². The Morgan fingerprint density at radius 3 is 2.88 bits per heavy atom. The van der Waals surface area contributed by atoms with Gasteiger partial charge in [-0.05, 0) is 60.1 Å². The first kappa shape index (κ1) is 16.8. The number of aryl methyl sites for hydroxylation is 1. The Bertz CT molecular complexity index is 891.